The molecule has 0 radical (unpaired) electrons. The van der Waals surface area contributed by atoms with Gasteiger partial charge in [-0.2, -0.15) is 0 Å². The van der Waals surface area contributed by atoms with Crippen molar-refractivity contribution in [2.24, 2.45) is 5.73 Å². The zero-order valence-corrected chi connectivity index (χ0v) is 12.6. The van der Waals surface area contributed by atoms with Crippen molar-refractivity contribution in [1.82, 2.24) is 4.90 Å². The highest BCUT2D eigenvalue weighted by atomic mass is 32.1. The van der Waals surface area contributed by atoms with Gasteiger partial charge >= 0.3 is 0 Å². The largest absolute Gasteiger partial charge is 0.397 e. The van der Waals surface area contributed by atoms with Crippen molar-refractivity contribution in [3.05, 3.63) is 28.6 Å². The number of carbonyl (C=O) groups is 2. The van der Waals surface area contributed by atoms with Gasteiger partial charge in [-0.05, 0) is 31.4 Å². The highest BCUT2D eigenvalue weighted by Gasteiger charge is 2.34. The molecule has 1 aliphatic rings. The Morgan fingerprint density at radius 2 is 2.14 bits per heavy atom. The number of anilines is 1. The van der Waals surface area contributed by atoms with Crippen LogP contribution < -0.4 is 11.5 Å². The standard InChI is InChI=1S/C15H17N3O2S/c1-8-4-5-9-11(7-8)21-13(12(9)16)15(20)18-6-2-3-10(18)14(17)19/h4-5,7,10H,2-3,6,16H2,1H3,(H2,17,19). The maximum Gasteiger partial charge on any atom is 0.266 e. The van der Waals surface area contributed by atoms with E-state index in [1.807, 2.05) is 25.1 Å². The number of benzene rings is 1. The van der Waals surface area contributed by atoms with Crippen molar-refractivity contribution in [3.8, 4) is 0 Å². The number of hydrogen-bond donors (Lipinski definition) is 2. The molecule has 6 heteroatoms. The molecule has 3 rings (SSSR count). The highest BCUT2D eigenvalue weighted by molar-refractivity contribution is 7.21. The lowest BCUT2D eigenvalue weighted by atomic mass is 10.1. The Morgan fingerprint density at radius 3 is 2.86 bits per heavy atom. The Kier molecular flexibility index (Phi) is 3.33. The third-order valence-electron chi connectivity index (χ3n) is 3.92. The topological polar surface area (TPSA) is 89.4 Å². The summed E-state index contributed by atoms with van der Waals surface area (Å²) in [5, 5.41) is 0.892. The molecule has 1 unspecified atom stereocenters. The minimum Gasteiger partial charge on any atom is -0.397 e. The number of rotatable bonds is 2. The molecule has 2 aromatic rings. The molecule has 2 heterocycles. The van der Waals surface area contributed by atoms with E-state index in [0.29, 0.717) is 23.5 Å². The number of fused-ring (bicyclic) bond motifs is 1. The lowest BCUT2D eigenvalue weighted by Crippen LogP contribution is -2.43. The number of nitrogens with two attached hydrogens (primary N) is 2. The van der Waals surface area contributed by atoms with E-state index in [2.05, 4.69) is 0 Å². The smallest absolute Gasteiger partial charge is 0.266 e. The van der Waals surface area contributed by atoms with Gasteiger partial charge in [0.1, 0.15) is 10.9 Å². The second-order valence-corrected chi connectivity index (χ2v) is 6.46. The summed E-state index contributed by atoms with van der Waals surface area (Å²) in [4.78, 5) is 26.2. The van der Waals surface area contributed by atoms with Crippen molar-refractivity contribution in [1.29, 1.82) is 0 Å². The summed E-state index contributed by atoms with van der Waals surface area (Å²) < 4.78 is 0.991. The normalized spacial score (nSPS) is 18.3. The van der Waals surface area contributed by atoms with Crippen LogP contribution in [0.15, 0.2) is 18.2 Å². The summed E-state index contributed by atoms with van der Waals surface area (Å²) in [6, 6.07) is 5.41. The predicted octanol–water partition coefficient (Wildman–Crippen LogP) is 1.88. The van der Waals surface area contributed by atoms with Gasteiger partial charge in [0.2, 0.25) is 5.91 Å². The molecule has 1 saturated heterocycles. The fourth-order valence-corrected chi connectivity index (χ4v) is 4.00. The van der Waals surface area contributed by atoms with E-state index in [1.165, 1.54) is 11.3 Å². The Hall–Kier alpha value is -2.08. The minimum atomic E-state index is -0.510. The first-order valence-electron chi connectivity index (χ1n) is 6.88. The Balaban J connectivity index is 2.02. The van der Waals surface area contributed by atoms with E-state index >= 15 is 0 Å². The quantitative estimate of drug-likeness (QED) is 0.887. The summed E-state index contributed by atoms with van der Waals surface area (Å²) in [5.41, 5.74) is 13.1. The first kappa shape index (κ1) is 13.9. The Labute approximate surface area is 126 Å². The summed E-state index contributed by atoms with van der Waals surface area (Å²) in [6.07, 6.45) is 1.42. The van der Waals surface area contributed by atoms with Crippen LogP contribution in [0.25, 0.3) is 10.1 Å². The van der Waals surface area contributed by atoms with Crippen molar-refractivity contribution in [3.63, 3.8) is 0 Å². The average molecular weight is 303 g/mol. The van der Waals surface area contributed by atoms with E-state index in [9.17, 15) is 9.59 Å². The van der Waals surface area contributed by atoms with Crippen LogP contribution in [0.1, 0.15) is 28.1 Å². The summed E-state index contributed by atoms with van der Waals surface area (Å²) in [5.74, 6) is -0.635. The van der Waals surface area contributed by atoms with Gasteiger partial charge in [0.15, 0.2) is 0 Å². The lowest BCUT2D eigenvalue weighted by Gasteiger charge is -2.21. The zero-order valence-electron chi connectivity index (χ0n) is 11.8. The van der Waals surface area contributed by atoms with E-state index in [1.54, 1.807) is 4.90 Å². The van der Waals surface area contributed by atoms with E-state index < -0.39 is 11.9 Å². The molecule has 4 N–H and O–H groups in total. The van der Waals surface area contributed by atoms with Gasteiger partial charge in [-0.15, -0.1) is 11.3 Å². The van der Waals surface area contributed by atoms with Gasteiger partial charge in [-0.25, -0.2) is 0 Å². The van der Waals surface area contributed by atoms with Crippen molar-refractivity contribution in [2.45, 2.75) is 25.8 Å². The molecule has 1 fully saturated rings. The average Bonchev–Trinajstić information content (AvgIpc) is 3.03. The predicted molar refractivity (Wildman–Crippen MR) is 84.2 cm³/mol. The molecule has 110 valence electrons. The van der Waals surface area contributed by atoms with Crippen LogP contribution in [0, 0.1) is 6.92 Å². The zero-order chi connectivity index (χ0) is 15.1. The molecule has 5 nitrogen and oxygen atoms in total. The van der Waals surface area contributed by atoms with E-state index in [0.717, 1.165) is 22.1 Å². The minimum absolute atomic E-state index is 0.187. The fourth-order valence-electron chi connectivity index (χ4n) is 2.82. The van der Waals surface area contributed by atoms with Gasteiger partial charge in [0.05, 0.1) is 5.69 Å². The number of aryl methyl sites for hydroxylation is 1. The highest BCUT2D eigenvalue weighted by Crippen LogP contribution is 2.36. The Bertz CT molecular complexity index is 738. The van der Waals surface area contributed by atoms with E-state index in [-0.39, 0.29) is 5.91 Å². The summed E-state index contributed by atoms with van der Waals surface area (Å²) >= 11 is 1.38. The number of thiophene rings is 1. The van der Waals surface area contributed by atoms with Crippen LogP contribution >= 0.6 is 11.3 Å². The van der Waals surface area contributed by atoms with E-state index in [4.69, 9.17) is 11.5 Å². The Morgan fingerprint density at radius 1 is 1.38 bits per heavy atom. The van der Waals surface area contributed by atoms with Gasteiger partial charge in [0.25, 0.3) is 5.91 Å². The molecule has 1 aromatic heterocycles. The van der Waals surface area contributed by atoms with Gasteiger partial charge in [-0.1, -0.05) is 12.1 Å². The monoisotopic (exact) mass is 303 g/mol. The maximum absolute atomic E-state index is 12.7. The SMILES string of the molecule is Cc1ccc2c(N)c(C(=O)N3CCCC3C(N)=O)sc2c1. The molecule has 21 heavy (non-hydrogen) atoms. The van der Waals surface area contributed by atoms with Gasteiger partial charge < -0.3 is 16.4 Å². The third-order valence-corrected chi connectivity index (χ3v) is 5.08. The van der Waals surface area contributed by atoms with Crippen LogP contribution in [-0.2, 0) is 4.79 Å². The maximum atomic E-state index is 12.7. The lowest BCUT2D eigenvalue weighted by molar-refractivity contribution is -0.121. The number of nitrogen functional groups attached to an aromatic ring is 1. The second kappa shape index (κ2) is 5.04. The van der Waals surface area contributed by atoms with Crippen LogP contribution in [-0.4, -0.2) is 29.3 Å². The van der Waals surface area contributed by atoms with Crippen LogP contribution in [0.3, 0.4) is 0 Å². The molecular weight excluding hydrogens is 286 g/mol. The summed E-state index contributed by atoms with van der Waals surface area (Å²) in [6.45, 7) is 2.56. The molecule has 0 spiro atoms. The summed E-state index contributed by atoms with van der Waals surface area (Å²) in [7, 11) is 0. The first-order chi connectivity index (χ1) is 9.99. The van der Waals surface area contributed by atoms with Crippen LogP contribution in [0.5, 0.6) is 0 Å². The molecule has 0 bridgehead atoms. The number of nitrogens with zero attached hydrogens (tertiary/aromatic N) is 1. The third kappa shape index (κ3) is 2.25. The number of primary amides is 1. The van der Waals surface area contributed by atoms with Gasteiger partial charge in [-0.3, -0.25) is 9.59 Å². The van der Waals surface area contributed by atoms with Crippen LogP contribution in [0.2, 0.25) is 0 Å². The van der Waals surface area contributed by atoms with Crippen molar-refractivity contribution >= 4 is 38.9 Å². The molecule has 0 aliphatic carbocycles. The van der Waals surface area contributed by atoms with Gasteiger partial charge in [0, 0.05) is 16.6 Å². The molecule has 1 aromatic carbocycles. The molecule has 0 saturated carbocycles. The van der Waals surface area contributed by atoms with Crippen molar-refractivity contribution < 1.29 is 9.59 Å². The number of hydrogen-bond acceptors (Lipinski definition) is 4. The van der Waals surface area contributed by atoms with Crippen LogP contribution in [0.4, 0.5) is 5.69 Å². The molecule has 2 amide bonds. The number of carbonyl (C=O) groups excluding carboxylic acids is 2. The van der Waals surface area contributed by atoms with Crippen molar-refractivity contribution in [2.75, 3.05) is 12.3 Å². The molecule has 1 aliphatic heterocycles. The molecule has 1 atom stereocenters. The molecular formula is C15H17N3O2S. The first-order valence-corrected chi connectivity index (χ1v) is 7.69. The fraction of sp³-hybridized carbons (Fsp3) is 0.333. The number of amides is 2. The second-order valence-electron chi connectivity index (χ2n) is 5.40. The number of likely N-dealkylation sites (tertiary alicyclic amines) is 1.